The third-order valence-corrected chi connectivity index (χ3v) is 3.76. The van der Waals surface area contributed by atoms with Gasteiger partial charge in [0.1, 0.15) is 11.6 Å². The molecule has 1 amide bonds. The van der Waals surface area contributed by atoms with Gasteiger partial charge in [-0.1, -0.05) is 18.2 Å². The predicted molar refractivity (Wildman–Crippen MR) is 87.3 cm³/mol. The summed E-state index contributed by atoms with van der Waals surface area (Å²) in [5.74, 6) is 0.296. The number of rotatable bonds is 5. The van der Waals surface area contributed by atoms with Crippen LogP contribution in [-0.4, -0.2) is 24.5 Å². The van der Waals surface area contributed by atoms with Crippen molar-refractivity contribution < 1.29 is 13.9 Å². The van der Waals surface area contributed by atoms with E-state index < -0.39 is 0 Å². The Balaban J connectivity index is 1.67. The summed E-state index contributed by atoms with van der Waals surface area (Å²) in [5, 5.41) is 3.59. The van der Waals surface area contributed by atoms with Gasteiger partial charge in [0.25, 0.3) is 5.91 Å². The summed E-state index contributed by atoms with van der Waals surface area (Å²) in [4.78, 5) is 15.2. The second kappa shape index (κ2) is 6.52. The van der Waals surface area contributed by atoms with Gasteiger partial charge in [-0.25, -0.2) is 4.39 Å². The van der Waals surface area contributed by atoms with Crippen LogP contribution in [0.25, 0.3) is 10.9 Å². The zero-order chi connectivity index (χ0) is 16.2. The Bertz CT molecular complexity index is 842. The minimum Gasteiger partial charge on any atom is -0.496 e. The molecule has 1 heterocycles. The highest BCUT2D eigenvalue weighted by atomic mass is 19.1. The first-order chi connectivity index (χ1) is 11.2. The topological polar surface area (TPSA) is 54.1 Å². The van der Waals surface area contributed by atoms with Crippen molar-refractivity contribution in [1.82, 2.24) is 10.3 Å². The van der Waals surface area contributed by atoms with Crippen LogP contribution < -0.4 is 10.1 Å². The number of para-hydroxylation sites is 1. The highest BCUT2D eigenvalue weighted by molar-refractivity contribution is 6.06. The van der Waals surface area contributed by atoms with Gasteiger partial charge in [0.05, 0.1) is 12.7 Å². The first kappa shape index (κ1) is 15.1. The fourth-order valence-electron chi connectivity index (χ4n) is 2.60. The summed E-state index contributed by atoms with van der Waals surface area (Å²) < 4.78 is 18.5. The van der Waals surface area contributed by atoms with Gasteiger partial charge in [0, 0.05) is 23.6 Å². The molecule has 0 radical (unpaired) electrons. The molecule has 0 fully saturated rings. The fourth-order valence-corrected chi connectivity index (χ4v) is 2.60. The number of methoxy groups -OCH3 is 1. The molecule has 0 saturated heterocycles. The number of carbonyl (C=O) groups is 1. The number of amides is 1. The molecule has 0 aliphatic rings. The van der Waals surface area contributed by atoms with Crippen molar-refractivity contribution in [2.75, 3.05) is 13.7 Å². The molecule has 0 saturated carbocycles. The summed E-state index contributed by atoms with van der Waals surface area (Å²) in [6.07, 6.45) is 2.27. The maximum atomic E-state index is 13.2. The number of ether oxygens (including phenoxy) is 1. The lowest BCUT2D eigenvalue weighted by Gasteiger charge is -2.09. The summed E-state index contributed by atoms with van der Waals surface area (Å²) in [5.41, 5.74) is 2.16. The van der Waals surface area contributed by atoms with Crippen LogP contribution in [0.4, 0.5) is 4.39 Å². The first-order valence-corrected chi connectivity index (χ1v) is 7.36. The quantitative estimate of drug-likeness (QED) is 0.759. The van der Waals surface area contributed by atoms with E-state index in [4.69, 9.17) is 4.74 Å². The molecule has 5 heteroatoms. The minimum atomic E-state index is -0.331. The number of benzene rings is 2. The Hall–Kier alpha value is -2.82. The highest BCUT2D eigenvalue weighted by Crippen LogP contribution is 2.20. The van der Waals surface area contributed by atoms with Crippen LogP contribution in [0.3, 0.4) is 0 Å². The van der Waals surface area contributed by atoms with Crippen molar-refractivity contribution in [3.8, 4) is 5.75 Å². The summed E-state index contributed by atoms with van der Waals surface area (Å²) in [6.45, 7) is 0.493. The van der Waals surface area contributed by atoms with Crippen molar-refractivity contribution in [1.29, 1.82) is 0 Å². The Kier molecular flexibility index (Phi) is 4.28. The third kappa shape index (κ3) is 3.18. The highest BCUT2D eigenvalue weighted by Gasteiger charge is 2.12. The number of halogens is 1. The molecule has 0 aliphatic carbocycles. The number of aromatic nitrogens is 1. The van der Waals surface area contributed by atoms with Gasteiger partial charge in [0.2, 0.25) is 0 Å². The largest absolute Gasteiger partial charge is 0.496 e. The maximum Gasteiger partial charge on any atom is 0.253 e. The van der Waals surface area contributed by atoms with Crippen molar-refractivity contribution >= 4 is 16.8 Å². The SMILES string of the molecule is COc1ccccc1CCNC(=O)c1c[nH]c2cc(F)ccc12. The Morgan fingerprint density at radius 1 is 1.26 bits per heavy atom. The molecule has 0 spiro atoms. The van der Waals surface area contributed by atoms with Gasteiger partial charge in [-0.3, -0.25) is 4.79 Å². The number of fused-ring (bicyclic) bond motifs is 1. The summed E-state index contributed by atoms with van der Waals surface area (Å²) in [7, 11) is 1.63. The molecule has 118 valence electrons. The van der Waals surface area contributed by atoms with Gasteiger partial charge in [-0.05, 0) is 36.2 Å². The number of hydrogen-bond acceptors (Lipinski definition) is 2. The third-order valence-electron chi connectivity index (χ3n) is 3.76. The summed E-state index contributed by atoms with van der Waals surface area (Å²) >= 11 is 0. The number of H-pyrrole nitrogens is 1. The normalized spacial score (nSPS) is 10.7. The van der Waals surface area contributed by atoms with Crippen LogP contribution in [-0.2, 0) is 6.42 Å². The second-order valence-corrected chi connectivity index (χ2v) is 5.21. The van der Waals surface area contributed by atoms with E-state index in [1.165, 1.54) is 12.1 Å². The van der Waals surface area contributed by atoms with Crippen LogP contribution >= 0.6 is 0 Å². The van der Waals surface area contributed by atoms with Crippen molar-refractivity contribution in [2.24, 2.45) is 0 Å². The number of aromatic amines is 1. The van der Waals surface area contributed by atoms with Gasteiger partial charge in [-0.15, -0.1) is 0 Å². The van der Waals surface area contributed by atoms with Gasteiger partial charge >= 0.3 is 0 Å². The monoisotopic (exact) mass is 312 g/mol. The second-order valence-electron chi connectivity index (χ2n) is 5.21. The van der Waals surface area contributed by atoms with Crippen LogP contribution in [0, 0.1) is 5.82 Å². The smallest absolute Gasteiger partial charge is 0.253 e. The van der Waals surface area contributed by atoms with Gasteiger partial charge in [-0.2, -0.15) is 0 Å². The zero-order valence-electron chi connectivity index (χ0n) is 12.7. The average Bonchev–Trinajstić information content (AvgIpc) is 2.98. The van der Waals surface area contributed by atoms with E-state index >= 15 is 0 Å². The molecule has 0 bridgehead atoms. The molecular formula is C18H17FN2O2. The van der Waals surface area contributed by atoms with Crippen LogP contribution in [0.1, 0.15) is 15.9 Å². The van der Waals surface area contributed by atoms with Gasteiger partial charge < -0.3 is 15.0 Å². The van der Waals surface area contributed by atoms with Crippen LogP contribution in [0.15, 0.2) is 48.7 Å². The standard InChI is InChI=1S/C18H17FN2O2/c1-23-17-5-3-2-4-12(17)8-9-20-18(22)15-11-21-16-10-13(19)6-7-14(15)16/h2-7,10-11,21H,8-9H2,1H3,(H,20,22). The van der Waals surface area contributed by atoms with Crippen molar-refractivity contribution in [3.05, 3.63) is 65.6 Å². The van der Waals surface area contributed by atoms with Gasteiger partial charge in [0.15, 0.2) is 0 Å². The minimum absolute atomic E-state index is 0.183. The van der Waals surface area contributed by atoms with E-state index in [1.54, 1.807) is 19.4 Å². The lowest BCUT2D eigenvalue weighted by atomic mass is 10.1. The van der Waals surface area contributed by atoms with Crippen molar-refractivity contribution in [2.45, 2.75) is 6.42 Å². The van der Waals surface area contributed by atoms with E-state index in [2.05, 4.69) is 10.3 Å². The Morgan fingerprint density at radius 2 is 2.09 bits per heavy atom. The zero-order valence-corrected chi connectivity index (χ0v) is 12.7. The molecule has 3 aromatic rings. The Morgan fingerprint density at radius 3 is 2.91 bits per heavy atom. The maximum absolute atomic E-state index is 13.2. The molecule has 23 heavy (non-hydrogen) atoms. The van der Waals surface area contributed by atoms with Crippen LogP contribution in [0.2, 0.25) is 0 Å². The van der Waals surface area contributed by atoms with Crippen molar-refractivity contribution in [3.63, 3.8) is 0 Å². The molecule has 0 unspecified atom stereocenters. The van der Waals surface area contributed by atoms with E-state index in [1.807, 2.05) is 24.3 Å². The predicted octanol–water partition coefficient (Wildman–Crippen LogP) is 3.29. The van der Waals surface area contributed by atoms with E-state index in [9.17, 15) is 9.18 Å². The van der Waals surface area contributed by atoms with E-state index in [0.29, 0.717) is 29.4 Å². The first-order valence-electron chi connectivity index (χ1n) is 7.36. The molecule has 4 nitrogen and oxygen atoms in total. The lowest BCUT2D eigenvalue weighted by Crippen LogP contribution is -2.25. The molecule has 3 rings (SSSR count). The average molecular weight is 312 g/mol. The molecule has 0 aliphatic heterocycles. The van der Waals surface area contributed by atoms with E-state index in [0.717, 1.165) is 11.3 Å². The molecule has 2 N–H and O–H groups in total. The number of nitrogens with one attached hydrogen (secondary N) is 2. The lowest BCUT2D eigenvalue weighted by molar-refractivity contribution is 0.0955. The Labute approximate surface area is 133 Å². The molecule has 1 aromatic heterocycles. The molecular weight excluding hydrogens is 295 g/mol. The molecule has 2 aromatic carbocycles. The van der Waals surface area contributed by atoms with E-state index in [-0.39, 0.29) is 11.7 Å². The summed E-state index contributed by atoms with van der Waals surface area (Å²) in [6, 6.07) is 12.0. The molecule has 0 atom stereocenters. The number of hydrogen-bond donors (Lipinski definition) is 2. The van der Waals surface area contributed by atoms with Crippen LogP contribution in [0.5, 0.6) is 5.75 Å². The number of carbonyl (C=O) groups excluding carboxylic acids is 1. The fraction of sp³-hybridized carbons (Fsp3) is 0.167.